The number of nitrogens with one attached hydrogen (secondary N) is 1. The van der Waals surface area contributed by atoms with Crippen LogP contribution in [-0.4, -0.2) is 29.9 Å². The summed E-state index contributed by atoms with van der Waals surface area (Å²) in [6.45, 7) is 4.35. The lowest BCUT2D eigenvalue weighted by atomic mass is 10.4. The molecule has 1 amide bonds. The average molecular weight is 356 g/mol. The highest BCUT2D eigenvalue weighted by Crippen LogP contribution is 2.16. The van der Waals surface area contributed by atoms with Crippen molar-refractivity contribution in [3.8, 4) is 0 Å². The zero-order valence-electron chi connectivity index (χ0n) is 12.9. The van der Waals surface area contributed by atoms with Gasteiger partial charge in [-0.2, -0.15) is 5.10 Å². The Labute approximate surface area is 140 Å². The minimum Gasteiger partial charge on any atom is -0.311 e. The van der Waals surface area contributed by atoms with E-state index in [2.05, 4.69) is 10.4 Å². The van der Waals surface area contributed by atoms with Crippen LogP contribution >= 0.6 is 11.6 Å². The van der Waals surface area contributed by atoms with Crippen molar-refractivity contribution in [1.29, 1.82) is 0 Å². The Hall–Kier alpha value is -1.86. The van der Waals surface area contributed by atoms with E-state index in [1.54, 1.807) is 10.7 Å². The minimum atomic E-state index is -3.52. The fourth-order valence-corrected chi connectivity index (χ4v) is 3.45. The van der Waals surface area contributed by atoms with E-state index in [0.717, 1.165) is 5.69 Å². The Bertz CT molecular complexity index is 798. The van der Waals surface area contributed by atoms with Crippen LogP contribution in [0, 0.1) is 6.92 Å². The lowest BCUT2D eigenvalue weighted by molar-refractivity contribution is -0.115. The predicted octanol–water partition coefficient (Wildman–Crippen LogP) is 2.67. The Balaban J connectivity index is 1.99. The molecule has 23 heavy (non-hydrogen) atoms. The molecule has 0 spiro atoms. The molecule has 0 bridgehead atoms. The minimum absolute atomic E-state index is 0.126. The molecule has 124 valence electrons. The average Bonchev–Trinajstić information content (AvgIpc) is 2.85. The van der Waals surface area contributed by atoms with E-state index in [1.165, 1.54) is 24.3 Å². The third-order valence-electron chi connectivity index (χ3n) is 3.24. The second kappa shape index (κ2) is 7.14. The van der Waals surface area contributed by atoms with E-state index in [4.69, 9.17) is 11.6 Å². The first kappa shape index (κ1) is 17.5. The van der Waals surface area contributed by atoms with Gasteiger partial charge in [0.1, 0.15) is 5.82 Å². The van der Waals surface area contributed by atoms with Crippen LogP contribution in [0.2, 0.25) is 5.02 Å². The zero-order valence-corrected chi connectivity index (χ0v) is 14.5. The maximum atomic E-state index is 12.2. The molecule has 0 fully saturated rings. The number of aryl methyl sites for hydroxylation is 2. The predicted molar refractivity (Wildman–Crippen MR) is 89.4 cm³/mol. The molecule has 1 aromatic heterocycles. The van der Waals surface area contributed by atoms with Gasteiger partial charge in [0.05, 0.1) is 16.3 Å². The zero-order chi connectivity index (χ0) is 17.0. The van der Waals surface area contributed by atoms with Crippen molar-refractivity contribution in [2.45, 2.75) is 31.7 Å². The molecule has 1 aromatic carbocycles. The van der Waals surface area contributed by atoms with Gasteiger partial charge < -0.3 is 5.32 Å². The summed E-state index contributed by atoms with van der Waals surface area (Å²) in [6.07, 6.45) is -0.126. The molecular formula is C15H18ClN3O3S. The molecule has 0 atom stereocenters. The maximum Gasteiger partial charge on any atom is 0.226 e. The van der Waals surface area contributed by atoms with E-state index >= 15 is 0 Å². The van der Waals surface area contributed by atoms with Crippen LogP contribution in [0.25, 0.3) is 0 Å². The van der Waals surface area contributed by atoms with Crippen molar-refractivity contribution < 1.29 is 13.2 Å². The Morgan fingerprint density at radius 3 is 2.57 bits per heavy atom. The largest absolute Gasteiger partial charge is 0.311 e. The topological polar surface area (TPSA) is 81.1 Å². The second-order valence-corrected chi connectivity index (χ2v) is 7.60. The van der Waals surface area contributed by atoms with E-state index in [1.807, 2.05) is 13.8 Å². The molecule has 2 aromatic rings. The summed E-state index contributed by atoms with van der Waals surface area (Å²) in [7, 11) is -3.52. The molecule has 0 saturated carbocycles. The SMILES string of the molecule is CCn1nc(C)cc1NC(=O)CCS(=O)(=O)c1ccc(Cl)cc1. The molecule has 6 nitrogen and oxygen atoms in total. The van der Waals surface area contributed by atoms with E-state index < -0.39 is 9.84 Å². The van der Waals surface area contributed by atoms with Crippen LogP contribution in [0.1, 0.15) is 19.0 Å². The fraction of sp³-hybridized carbons (Fsp3) is 0.333. The van der Waals surface area contributed by atoms with E-state index in [0.29, 0.717) is 17.4 Å². The second-order valence-electron chi connectivity index (χ2n) is 5.06. The summed E-state index contributed by atoms with van der Waals surface area (Å²) in [5.74, 6) is -0.0595. The monoisotopic (exact) mass is 355 g/mol. The first-order chi connectivity index (χ1) is 10.8. The lowest BCUT2D eigenvalue weighted by Crippen LogP contribution is -2.19. The van der Waals surface area contributed by atoms with Crippen molar-refractivity contribution >= 4 is 33.2 Å². The maximum absolute atomic E-state index is 12.2. The van der Waals surface area contributed by atoms with Gasteiger partial charge >= 0.3 is 0 Å². The number of rotatable bonds is 6. The summed E-state index contributed by atoms with van der Waals surface area (Å²) in [5, 5.41) is 7.37. The van der Waals surface area contributed by atoms with Gasteiger partial charge in [-0.25, -0.2) is 13.1 Å². The molecule has 0 aliphatic carbocycles. The smallest absolute Gasteiger partial charge is 0.226 e. The number of hydrogen-bond acceptors (Lipinski definition) is 4. The molecule has 0 radical (unpaired) electrons. The number of sulfone groups is 1. The quantitative estimate of drug-likeness (QED) is 0.863. The van der Waals surface area contributed by atoms with Crippen LogP contribution in [-0.2, 0) is 21.2 Å². The van der Waals surface area contributed by atoms with Crippen LogP contribution in [0.4, 0.5) is 5.82 Å². The number of nitrogens with zero attached hydrogens (tertiary/aromatic N) is 2. The third kappa shape index (κ3) is 4.56. The standard InChI is InChI=1S/C15H18ClN3O3S/c1-3-19-14(10-11(2)18-19)17-15(20)8-9-23(21,22)13-6-4-12(16)5-7-13/h4-7,10H,3,8-9H2,1-2H3,(H,17,20). The molecule has 1 heterocycles. The number of amides is 1. The summed E-state index contributed by atoms with van der Waals surface area (Å²) < 4.78 is 26.0. The summed E-state index contributed by atoms with van der Waals surface area (Å²) in [4.78, 5) is 12.1. The highest BCUT2D eigenvalue weighted by molar-refractivity contribution is 7.91. The summed E-state index contributed by atoms with van der Waals surface area (Å²) in [5.41, 5.74) is 0.788. The van der Waals surface area contributed by atoms with Crippen LogP contribution in [0.15, 0.2) is 35.2 Å². The van der Waals surface area contributed by atoms with Crippen LogP contribution in [0.5, 0.6) is 0 Å². The van der Waals surface area contributed by atoms with Crippen molar-refractivity contribution in [2.24, 2.45) is 0 Å². The molecular weight excluding hydrogens is 338 g/mol. The van der Waals surface area contributed by atoms with Crippen molar-refractivity contribution in [3.63, 3.8) is 0 Å². The molecule has 1 N–H and O–H groups in total. The van der Waals surface area contributed by atoms with Crippen LogP contribution in [0.3, 0.4) is 0 Å². The van der Waals surface area contributed by atoms with E-state index in [9.17, 15) is 13.2 Å². The van der Waals surface area contributed by atoms with Gasteiger partial charge in [0, 0.05) is 24.1 Å². The number of hydrogen-bond donors (Lipinski definition) is 1. The van der Waals surface area contributed by atoms with Gasteiger partial charge in [0.15, 0.2) is 9.84 Å². The first-order valence-electron chi connectivity index (χ1n) is 7.14. The number of aromatic nitrogens is 2. The number of halogens is 1. The Kier molecular flexibility index (Phi) is 5.43. The normalized spacial score (nSPS) is 11.4. The molecule has 0 unspecified atom stereocenters. The highest BCUT2D eigenvalue weighted by atomic mass is 35.5. The number of carbonyl (C=O) groups is 1. The fourth-order valence-electron chi connectivity index (χ4n) is 2.08. The molecule has 0 aliphatic rings. The van der Waals surface area contributed by atoms with Gasteiger partial charge in [-0.3, -0.25) is 4.79 Å². The van der Waals surface area contributed by atoms with Gasteiger partial charge in [-0.15, -0.1) is 0 Å². The summed E-state index contributed by atoms with van der Waals surface area (Å²) >= 11 is 5.74. The van der Waals surface area contributed by atoms with E-state index in [-0.39, 0.29) is 23.0 Å². The molecule has 2 rings (SSSR count). The van der Waals surface area contributed by atoms with Crippen molar-refractivity contribution in [3.05, 3.63) is 41.0 Å². The molecule has 8 heteroatoms. The number of benzene rings is 1. The molecule has 0 aliphatic heterocycles. The highest BCUT2D eigenvalue weighted by Gasteiger charge is 2.17. The lowest BCUT2D eigenvalue weighted by Gasteiger charge is -2.07. The Morgan fingerprint density at radius 2 is 1.96 bits per heavy atom. The van der Waals surface area contributed by atoms with Gasteiger partial charge in [0.2, 0.25) is 5.91 Å². The van der Waals surface area contributed by atoms with Gasteiger partial charge in [0.25, 0.3) is 0 Å². The number of anilines is 1. The number of carbonyl (C=O) groups excluding carboxylic acids is 1. The van der Waals surface area contributed by atoms with Crippen LogP contribution < -0.4 is 5.32 Å². The van der Waals surface area contributed by atoms with Gasteiger partial charge in [-0.1, -0.05) is 11.6 Å². The summed E-state index contributed by atoms with van der Waals surface area (Å²) in [6, 6.07) is 7.64. The van der Waals surface area contributed by atoms with Crippen molar-refractivity contribution in [2.75, 3.05) is 11.1 Å². The Morgan fingerprint density at radius 1 is 1.30 bits per heavy atom. The van der Waals surface area contributed by atoms with Gasteiger partial charge in [-0.05, 0) is 38.1 Å². The van der Waals surface area contributed by atoms with Crippen molar-refractivity contribution in [1.82, 2.24) is 9.78 Å². The first-order valence-corrected chi connectivity index (χ1v) is 9.17. The molecule has 0 saturated heterocycles. The third-order valence-corrected chi connectivity index (χ3v) is 5.22.